The van der Waals surface area contributed by atoms with E-state index in [9.17, 15) is 9.59 Å². The first-order valence-electron chi connectivity index (χ1n) is 11.4. The van der Waals surface area contributed by atoms with E-state index in [1.54, 1.807) is 64.0 Å². The van der Waals surface area contributed by atoms with E-state index >= 15 is 0 Å². The van der Waals surface area contributed by atoms with Gasteiger partial charge in [-0.25, -0.2) is 9.67 Å². The van der Waals surface area contributed by atoms with E-state index in [0.717, 1.165) is 5.69 Å². The van der Waals surface area contributed by atoms with Crippen molar-refractivity contribution < 1.29 is 0 Å². The van der Waals surface area contributed by atoms with E-state index in [0.29, 0.717) is 50.1 Å². The number of nitrogen functional groups attached to an aromatic ring is 1. The molecule has 0 saturated carbocycles. The molecule has 0 spiro atoms. The molecule has 0 saturated heterocycles. The SMILES string of the molecule is Nc1ccc(-c2ccc(-c3nc4nn(-c5ccccc5)cc4c(=O)n3-c3ccc(Cl)cc3)cc2)c(=O)[nH]1. The van der Waals surface area contributed by atoms with Gasteiger partial charge < -0.3 is 10.7 Å². The van der Waals surface area contributed by atoms with Crippen molar-refractivity contribution in [2.24, 2.45) is 0 Å². The quantitative estimate of drug-likeness (QED) is 0.355. The van der Waals surface area contributed by atoms with Crippen molar-refractivity contribution in [3.8, 4) is 33.9 Å². The molecule has 0 aliphatic carbocycles. The third-order valence-electron chi connectivity index (χ3n) is 6.04. The van der Waals surface area contributed by atoms with Crippen molar-refractivity contribution in [1.82, 2.24) is 24.3 Å². The van der Waals surface area contributed by atoms with Crippen molar-refractivity contribution in [1.29, 1.82) is 0 Å². The molecule has 0 aliphatic rings. The van der Waals surface area contributed by atoms with Gasteiger partial charge in [0.1, 0.15) is 17.0 Å². The first-order valence-corrected chi connectivity index (χ1v) is 11.8. The Hall–Kier alpha value is -4.95. The van der Waals surface area contributed by atoms with Gasteiger partial charge in [0.25, 0.3) is 11.1 Å². The molecule has 3 aromatic heterocycles. The lowest BCUT2D eigenvalue weighted by Gasteiger charge is -2.13. The summed E-state index contributed by atoms with van der Waals surface area (Å²) in [6.45, 7) is 0. The topological polar surface area (TPSA) is 112 Å². The maximum atomic E-state index is 13.8. The molecule has 0 bridgehead atoms. The summed E-state index contributed by atoms with van der Waals surface area (Å²) in [6.07, 6.45) is 1.69. The number of fused-ring (bicyclic) bond motifs is 1. The Morgan fingerprint density at radius 2 is 1.49 bits per heavy atom. The summed E-state index contributed by atoms with van der Waals surface area (Å²) in [5, 5.41) is 5.52. The second kappa shape index (κ2) is 8.92. The number of nitrogens with two attached hydrogens (primary N) is 1. The first-order chi connectivity index (χ1) is 18.0. The third-order valence-corrected chi connectivity index (χ3v) is 6.30. The predicted molar refractivity (Wildman–Crippen MR) is 145 cm³/mol. The van der Waals surface area contributed by atoms with Crippen molar-refractivity contribution in [2.45, 2.75) is 0 Å². The van der Waals surface area contributed by atoms with Crippen LogP contribution >= 0.6 is 11.6 Å². The number of nitrogens with one attached hydrogen (secondary N) is 1. The molecule has 0 amide bonds. The van der Waals surface area contributed by atoms with Gasteiger partial charge in [-0.15, -0.1) is 5.10 Å². The molecule has 0 radical (unpaired) electrons. The summed E-state index contributed by atoms with van der Waals surface area (Å²) in [5.74, 6) is 0.709. The second-order valence-electron chi connectivity index (χ2n) is 8.43. The van der Waals surface area contributed by atoms with Crippen LogP contribution in [0.15, 0.2) is 107 Å². The highest BCUT2D eigenvalue weighted by Gasteiger charge is 2.18. The lowest BCUT2D eigenvalue weighted by atomic mass is 10.0. The Labute approximate surface area is 215 Å². The van der Waals surface area contributed by atoms with Crippen LogP contribution in [0, 0.1) is 0 Å². The number of H-pyrrole nitrogens is 1. The second-order valence-corrected chi connectivity index (χ2v) is 8.87. The predicted octanol–water partition coefficient (Wildman–Crippen LogP) is 4.83. The van der Waals surface area contributed by atoms with Gasteiger partial charge in [0.2, 0.25) is 0 Å². The van der Waals surface area contributed by atoms with Crippen LogP contribution in [0.4, 0.5) is 5.82 Å². The van der Waals surface area contributed by atoms with Crippen LogP contribution in [-0.2, 0) is 0 Å². The highest BCUT2D eigenvalue weighted by atomic mass is 35.5. The van der Waals surface area contributed by atoms with Gasteiger partial charge in [-0.05, 0) is 54.1 Å². The van der Waals surface area contributed by atoms with E-state index in [2.05, 4.69) is 10.1 Å². The number of pyridine rings is 1. The maximum absolute atomic E-state index is 13.8. The van der Waals surface area contributed by atoms with E-state index < -0.39 is 0 Å². The molecular weight excluding hydrogens is 488 g/mol. The minimum absolute atomic E-state index is 0.261. The summed E-state index contributed by atoms with van der Waals surface area (Å²) >= 11 is 6.11. The highest BCUT2D eigenvalue weighted by molar-refractivity contribution is 6.30. The Balaban J connectivity index is 1.55. The third kappa shape index (κ3) is 4.09. The number of aromatic amines is 1. The monoisotopic (exact) mass is 506 g/mol. The van der Waals surface area contributed by atoms with E-state index in [4.69, 9.17) is 22.3 Å². The molecule has 3 aromatic carbocycles. The van der Waals surface area contributed by atoms with Crippen molar-refractivity contribution in [3.63, 3.8) is 0 Å². The molecule has 3 heterocycles. The van der Waals surface area contributed by atoms with Gasteiger partial charge in [-0.2, -0.15) is 0 Å². The fourth-order valence-electron chi connectivity index (χ4n) is 4.22. The van der Waals surface area contributed by atoms with Gasteiger partial charge in [0.05, 0.1) is 11.4 Å². The number of halogens is 1. The number of benzene rings is 3. The van der Waals surface area contributed by atoms with Gasteiger partial charge in [0.15, 0.2) is 5.65 Å². The number of anilines is 1. The summed E-state index contributed by atoms with van der Waals surface area (Å²) < 4.78 is 3.19. The standard InChI is InChI=1S/C28H19ClN6O2/c29-19-10-12-21(13-11-19)35-26(18-8-6-17(7-9-18)22-14-15-24(30)31-27(22)36)32-25-23(28(35)37)16-34(33-25)20-4-2-1-3-5-20/h1-16H,(H3,30,31,36). The molecule has 0 atom stereocenters. The van der Waals surface area contributed by atoms with Crippen LogP contribution in [0.2, 0.25) is 5.02 Å². The lowest BCUT2D eigenvalue weighted by molar-refractivity contribution is 0.888. The molecule has 6 rings (SSSR count). The summed E-state index contributed by atoms with van der Waals surface area (Å²) in [7, 11) is 0. The number of para-hydroxylation sites is 1. The van der Waals surface area contributed by atoms with E-state index in [1.165, 1.54) is 0 Å². The fourth-order valence-corrected chi connectivity index (χ4v) is 4.34. The van der Waals surface area contributed by atoms with Crippen LogP contribution in [0.3, 0.4) is 0 Å². The first kappa shape index (κ1) is 22.5. The zero-order chi connectivity index (χ0) is 25.5. The average Bonchev–Trinajstić information content (AvgIpc) is 3.35. The van der Waals surface area contributed by atoms with Crippen LogP contribution in [-0.4, -0.2) is 24.3 Å². The summed E-state index contributed by atoms with van der Waals surface area (Å²) in [5.41, 5.74) is 8.77. The molecule has 3 N–H and O–H groups in total. The smallest absolute Gasteiger partial charge is 0.269 e. The minimum atomic E-state index is -0.281. The van der Waals surface area contributed by atoms with Gasteiger partial charge in [0, 0.05) is 22.3 Å². The van der Waals surface area contributed by atoms with Gasteiger partial charge in [-0.1, -0.05) is 54.1 Å². The molecule has 6 aromatic rings. The number of hydrogen-bond acceptors (Lipinski definition) is 5. The van der Waals surface area contributed by atoms with E-state index in [1.807, 2.05) is 42.5 Å². The zero-order valence-corrected chi connectivity index (χ0v) is 20.1. The Kier molecular flexibility index (Phi) is 5.43. The Bertz CT molecular complexity index is 1870. The summed E-state index contributed by atoms with van der Waals surface area (Å²) in [4.78, 5) is 33.6. The lowest BCUT2D eigenvalue weighted by Crippen LogP contribution is -2.21. The molecule has 9 heteroatoms. The molecule has 0 unspecified atom stereocenters. The molecule has 0 fully saturated rings. The number of rotatable bonds is 4. The van der Waals surface area contributed by atoms with E-state index in [-0.39, 0.29) is 11.1 Å². The van der Waals surface area contributed by atoms with Crippen LogP contribution in [0.25, 0.3) is 44.9 Å². The molecule has 0 aliphatic heterocycles. The van der Waals surface area contributed by atoms with Crippen LogP contribution in [0.5, 0.6) is 0 Å². The Morgan fingerprint density at radius 3 is 2.19 bits per heavy atom. The van der Waals surface area contributed by atoms with Crippen LogP contribution in [0.1, 0.15) is 0 Å². The van der Waals surface area contributed by atoms with Gasteiger partial charge >= 0.3 is 0 Å². The average molecular weight is 507 g/mol. The number of aromatic nitrogens is 5. The zero-order valence-electron chi connectivity index (χ0n) is 19.3. The number of nitrogens with zero attached hydrogens (tertiary/aromatic N) is 4. The Morgan fingerprint density at radius 1 is 0.784 bits per heavy atom. The van der Waals surface area contributed by atoms with Crippen molar-refractivity contribution in [2.75, 3.05) is 5.73 Å². The molecule has 8 nitrogen and oxygen atoms in total. The molecular formula is C28H19ClN6O2. The molecule has 37 heavy (non-hydrogen) atoms. The fraction of sp³-hybridized carbons (Fsp3) is 0. The van der Waals surface area contributed by atoms with Crippen molar-refractivity contribution >= 4 is 28.5 Å². The largest absolute Gasteiger partial charge is 0.385 e. The summed E-state index contributed by atoms with van der Waals surface area (Å²) in [6, 6.07) is 27.1. The number of hydrogen-bond donors (Lipinski definition) is 2. The molecule has 180 valence electrons. The van der Waals surface area contributed by atoms with Gasteiger partial charge in [-0.3, -0.25) is 14.2 Å². The maximum Gasteiger partial charge on any atom is 0.269 e. The van der Waals surface area contributed by atoms with Crippen LogP contribution < -0.4 is 16.9 Å². The minimum Gasteiger partial charge on any atom is -0.385 e. The normalized spacial score (nSPS) is 11.2. The van der Waals surface area contributed by atoms with Crippen molar-refractivity contribution in [3.05, 3.63) is 123 Å². The highest BCUT2D eigenvalue weighted by Crippen LogP contribution is 2.26.